The van der Waals surface area contributed by atoms with E-state index in [2.05, 4.69) is 55.2 Å². The van der Waals surface area contributed by atoms with Gasteiger partial charge in [0.05, 0.1) is 6.10 Å². The van der Waals surface area contributed by atoms with Crippen molar-refractivity contribution in [2.24, 2.45) is 5.92 Å². The van der Waals surface area contributed by atoms with Crippen LogP contribution in [0.4, 0.5) is 11.6 Å². The van der Waals surface area contributed by atoms with Crippen LogP contribution >= 0.6 is 0 Å². The summed E-state index contributed by atoms with van der Waals surface area (Å²) < 4.78 is 0. The van der Waals surface area contributed by atoms with Crippen LogP contribution in [0.15, 0.2) is 6.07 Å². The minimum atomic E-state index is -0.352. The maximum absolute atomic E-state index is 9.95. The van der Waals surface area contributed by atoms with Gasteiger partial charge in [0.15, 0.2) is 0 Å². The quantitative estimate of drug-likeness (QED) is 0.652. The summed E-state index contributed by atoms with van der Waals surface area (Å²) in [4.78, 5) is 9.04. The van der Waals surface area contributed by atoms with Gasteiger partial charge in [-0.3, -0.25) is 0 Å². The average Bonchev–Trinajstić information content (AvgIpc) is 2.42. The van der Waals surface area contributed by atoms with Crippen molar-refractivity contribution < 1.29 is 5.11 Å². The van der Waals surface area contributed by atoms with Crippen LogP contribution in [0.3, 0.4) is 0 Å². The van der Waals surface area contributed by atoms with Crippen LogP contribution in [0.2, 0.25) is 0 Å². The van der Waals surface area contributed by atoms with Gasteiger partial charge in [0.2, 0.25) is 0 Å². The van der Waals surface area contributed by atoms with Gasteiger partial charge in [-0.1, -0.05) is 34.6 Å². The number of hydrogen-bond donors (Lipinski definition) is 3. The molecule has 3 N–H and O–H groups in total. The van der Waals surface area contributed by atoms with Gasteiger partial charge in [0.25, 0.3) is 0 Å². The summed E-state index contributed by atoms with van der Waals surface area (Å²) in [5.74, 6) is 3.19. The van der Waals surface area contributed by atoms with Gasteiger partial charge in [-0.05, 0) is 18.8 Å². The third kappa shape index (κ3) is 6.76. The van der Waals surface area contributed by atoms with E-state index in [0.29, 0.717) is 12.5 Å². The van der Waals surface area contributed by atoms with Crippen molar-refractivity contribution in [2.45, 2.75) is 59.5 Å². The van der Waals surface area contributed by atoms with E-state index < -0.39 is 0 Å². The Morgan fingerprint density at radius 1 is 1.10 bits per heavy atom. The lowest BCUT2D eigenvalue weighted by atomic mass is 10.1. The van der Waals surface area contributed by atoms with Crippen LogP contribution in [0, 0.1) is 5.92 Å². The number of aliphatic hydroxyl groups is 1. The van der Waals surface area contributed by atoms with Crippen molar-refractivity contribution in [3.8, 4) is 0 Å². The Morgan fingerprint density at radius 2 is 1.71 bits per heavy atom. The molecule has 5 heteroatoms. The minimum absolute atomic E-state index is 0.273. The van der Waals surface area contributed by atoms with E-state index in [1.165, 1.54) is 0 Å². The Morgan fingerprint density at radius 3 is 2.24 bits per heavy atom. The molecule has 1 heterocycles. The predicted molar refractivity (Wildman–Crippen MR) is 88.9 cm³/mol. The van der Waals surface area contributed by atoms with Gasteiger partial charge < -0.3 is 15.7 Å². The van der Waals surface area contributed by atoms with E-state index in [4.69, 9.17) is 0 Å². The Bertz CT molecular complexity index is 421. The SMILES string of the molecule is CCCNc1cc(NCC(O)CC(C)C)nc(C(C)C)n1. The Labute approximate surface area is 128 Å². The molecule has 1 aromatic heterocycles. The number of aromatic nitrogens is 2. The summed E-state index contributed by atoms with van der Waals surface area (Å²) in [5, 5.41) is 16.5. The number of nitrogens with one attached hydrogen (secondary N) is 2. The summed E-state index contributed by atoms with van der Waals surface area (Å²) in [6.07, 6.45) is 1.49. The number of anilines is 2. The third-order valence-corrected chi connectivity index (χ3v) is 3.08. The number of nitrogens with zero attached hydrogens (tertiary/aromatic N) is 2. The van der Waals surface area contributed by atoms with Crippen LogP contribution in [0.5, 0.6) is 0 Å². The van der Waals surface area contributed by atoms with E-state index in [9.17, 15) is 5.11 Å². The molecule has 0 radical (unpaired) electrons. The molecular formula is C16H30N4O. The minimum Gasteiger partial charge on any atom is -0.391 e. The standard InChI is InChI=1S/C16H30N4O/c1-6-7-17-14-9-15(20-16(19-14)12(4)5)18-10-13(21)8-11(2)3/h9,11-13,21H,6-8,10H2,1-5H3,(H2,17,18,19,20). The van der Waals surface area contributed by atoms with E-state index in [0.717, 1.165) is 36.8 Å². The first-order valence-corrected chi connectivity index (χ1v) is 7.97. The van der Waals surface area contributed by atoms with Crippen molar-refractivity contribution in [3.63, 3.8) is 0 Å². The van der Waals surface area contributed by atoms with Crippen LogP contribution in [-0.2, 0) is 0 Å². The first-order valence-electron chi connectivity index (χ1n) is 7.97. The lowest BCUT2D eigenvalue weighted by Crippen LogP contribution is -2.22. The average molecular weight is 294 g/mol. The zero-order valence-corrected chi connectivity index (χ0v) is 14.0. The summed E-state index contributed by atoms with van der Waals surface area (Å²) in [6.45, 7) is 11.9. The van der Waals surface area contributed by atoms with Gasteiger partial charge in [-0.15, -0.1) is 0 Å². The Kier molecular flexibility index (Phi) is 7.43. The van der Waals surface area contributed by atoms with Crippen LogP contribution < -0.4 is 10.6 Å². The molecule has 0 bridgehead atoms. The van der Waals surface area contributed by atoms with Gasteiger partial charge in [0, 0.05) is 25.1 Å². The molecule has 0 amide bonds. The second-order valence-corrected chi connectivity index (χ2v) is 6.24. The van der Waals surface area contributed by atoms with Gasteiger partial charge in [-0.25, -0.2) is 9.97 Å². The topological polar surface area (TPSA) is 70.1 Å². The summed E-state index contributed by atoms with van der Waals surface area (Å²) in [7, 11) is 0. The molecule has 0 aliphatic rings. The molecule has 1 atom stereocenters. The molecule has 0 aromatic carbocycles. The Hall–Kier alpha value is -1.36. The molecule has 5 nitrogen and oxygen atoms in total. The summed E-state index contributed by atoms with van der Waals surface area (Å²) >= 11 is 0. The fourth-order valence-electron chi connectivity index (χ4n) is 2.01. The highest BCUT2D eigenvalue weighted by Crippen LogP contribution is 2.17. The van der Waals surface area contributed by atoms with Crippen molar-refractivity contribution in [1.29, 1.82) is 0 Å². The van der Waals surface area contributed by atoms with Crippen molar-refractivity contribution >= 4 is 11.6 Å². The molecule has 1 aromatic rings. The van der Waals surface area contributed by atoms with Crippen molar-refractivity contribution in [3.05, 3.63) is 11.9 Å². The molecule has 21 heavy (non-hydrogen) atoms. The van der Waals surface area contributed by atoms with E-state index in [1.54, 1.807) is 0 Å². The third-order valence-electron chi connectivity index (χ3n) is 3.08. The van der Waals surface area contributed by atoms with E-state index >= 15 is 0 Å². The Balaban J connectivity index is 2.73. The first-order chi connectivity index (χ1) is 9.92. The first kappa shape index (κ1) is 17.7. The molecule has 0 fully saturated rings. The highest BCUT2D eigenvalue weighted by atomic mass is 16.3. The van der Waals surface area contributed by atoms with Crippen LogP contribution in [0.1, 0.15) is 59.2 Å². The zero-order valence-electron chi connectivity index (χ0n) is 14.0. The fraction of sp³-hybridized carbons (Fsp3) is 0.750. The monoisotopic (exact) mass is 294 g/mol. The van der Waals surface area contributed by atoms with Gasteiger partial charge in [0.1, 0.15) is 17.5 Å². The summed E-state index contributed by atoms with van der Waals surface area (Å²) in [6, 6.07) is 1.91. The maximum atomic E-state index is 9.95. The van der Waals surface area contributed by atoms with Crippen LogP contribution in [0.25, 0.3) is 0 Å². The summed E-state index contributed by atoms with van der Waals surface area (Å²) in [5.41, 5.74) is 0. The lowest BCUT2D eigenvalue weighted by molar-refractivity contribution is 0.161. The van der Waals surface area contributed by atoms with E-state index in [1.807, 2.05) is 6.07 Å². The molecular weight excluding hydrogens is 264 g/mol. The second-order valence-electron chi connectivity index (χ2n) is 6.24. The molecule has 120 valence electrons. The van der Waals surface area contributed by atoms with Gasteiger partial charge >= 0.3 is 0 Å². The van der Waals surface area contributed by atoms with E-state index in [-0.39, 0.29) is 12.0 Å². The molecule has 0 aliphatic heterocycles. The zero-order chi connectivity index (χ0) is 15.8. The van der Waals surface area contributed by atoms with Gasteiger partial charge in [-0.2, -0.15) is 0 Å². The fourth-order valence-corrected chi connectivity index (χ4v) is 2.01. The van der Waals surface area contributed by atoms with Crippen LogP contribution in [-0.4, -0.2) is 34.3 Å². The molecule has 0 spiro atoms. The largest absolute Gasteiger partial charge is 0.391 e. The number of rotatable bonds is 9. The maximum Gasteiger partial charge on any atom is 0.135 e. The lowest BCUT2D eigenvalue weighted by Gasteiger charge is -2.16. The normalized spacial score (nSPS) is 12.8. The molecule has 0 aliphatic carbocycles. The molecule has 0 saturated carbocycles. The number of aliphatic hydroxyl groups excluding tert-OH is 1. The molecule has 0 saturated heterocycles. The molecule has 1 rings (SSSR count). The predicted octanol–water partition coefficient (Wildman–Crippen LogP) is 3.24. The van der Waals surface area contributed by atoms with Crippen molar-refractivity contribution in [2.75, 3.05) is 23.7 Å². The second kappa shape index (κ2) is 8.82. The smallest absolute Gasteiger partial charge is 0.135 e. The number of hydrogen-bond acceptors (Lipinski definition) is 5. The molecule has 1 unspecified atom stereocenters. The van der Waals surface area contributed by atoms with Crippen molar-refractivity contribution in [1.82, 2.24) is 9.97 Å². The highest BCUT2D eigenvalue weighted by molar-refractivity contribution is 5.47. The highest BCUT2D eigenvalue weighted by Gasteiger charge is 2.10.